The Bertz CT molecular complexity index is 272. The average Bonchev–Trinajstić information content (AvgIpc) is 3.14. The Morgan fingerprint density at radius 2 is 1.95 bits per heavy atom. The second-order valence-corrected chi connectivity index (χ2v) is 7.14. The number of hydrogen-bond donors (Lipinski definition) is 2. The highest BCUT2D eigenvalue weighted by Gasteiger charge is 2.35. The van der Waals surface area contributed by atoms with Gasteiger partial charge in [-0.2, -0.15) is 0 Å². The standard InChI is InChI=1S/C18H37N3/c1-4-21(5-2)14-8-9-15(3)20-18-11-6-10-16(18)17-12-7-13-19-17/h15-20H,4-14H2,1-3H3. The minimum atomic E-state index is 0.674. The molecule has 21 heavy (non-hydrogen) atoms. The van der Waals surface area contributed by atoms with Gasteiger partial charge in [0.15, 0.2) is 0 Å². The van der Waals surface area contributed by atoms with Crippen LogP contribution < -0.4 is 10.6 Å². The molecule has 1 saturated carbocycles. The first-order chi connectivity index (χ1) is 10.2. The molecule has 4 unspecified atom stereocenters. The normalized spacial score (nSPS) is 31.1. The highest BCUT2D eigenvalue weighted by Crippen LogP contribution is 2.32. The highest BCUT2D eigenvalue weighted by molar-refractivity contribution is 4.93. The summed E-state index contributed by atoms with van der Waals surface area (Å²) >= 11 is 0. The topological polar surface area (TPSA) is 27.3 Å². The SMILES string of the molecule is CCN(CC)CCCC(C)NC1CCCC1C1CCCN1. The molecular formula is C18H37N3. The quantitative estimate of drug-likeness (QED) is 0.685. The van der Waals surface area contributed by atoms with Crippen molar-refractivity contribution in [1.29, 1.82) is 0 Å². The fourth-order valence-corrected chi connectivity index (χ4v) is 4.36. The van der Waals surface area contributed by atoms with E-state index in [1.54, 1.807) is 0 Å². The van der Waals surface area contributed by atoms with E-state index in [-0.39, 0.29) is 0 Å². The molecule has 0 aromatic heterocycles. The van der Waals surface area contributed by atoms with Crippen LogP contribution in [0.4, 0.5) is 0 Å². The summed E-state index contributed by atoms with van der Waals surface area (Å²) in [7, 11) is 0. The number of rotatable bonds is 9. The molecule has 3 heteroatoms. The molecule has 2 N–H and O–H groups in total. The van der Waals surface area contributed by atoms with E-state index in [1.807, 2.05) is 0 Å². The van der Waals surface area contributed by atoms with Gasteiger partial charge >= 0.3 is 0 Å². The predicted octanol–water partition coefficient (Wildman–Crippen LogP) is 3.01. The number of hydrogen-bond acceptors (Lipinski definition) is 3. The smallest absolute Gasteiger partial charge is 0.0113 e. The first kappa shape index (κ1) is 17.2. The summed E-state index contributed by atoms with van der Waals surface area (Å²) in [4.78, 5) is 2.54. The molecule has 0 aromatic carbocycles. The molecular weight excluding hydrogens is 258 g/mol. The number of nitrogens with zero attached hydrogens (tertiary/aromatic N) is 1. The van der Waals surface area contributed by atoms with Gasteiger partial charge in [-0.1, -0.05) is 20.3 Å². The summed E-state index contributed by atoms with van der Waals surface area (Å²) < 4.78 is 0. The van der Waals surface area contributed by atoms with Gasteiger partial charge in [-0.15, -0.1) is 0 Å². The zero-order valence-electron chi connectivity index (χ0n) is 14.5. The maximum absolute atomic E-state index is 3.96. The summed E-state index contributed by atoms with van der Waals surface area (Å²) in [5.41, 5.74) is 0. The van der Waals surface area contributed by atoms with Gasteiger partial charge in [-0.05, 0) is 77.5 Å². The van der Waals surface area contributed by atoms with Crippen molar-refractivity contribution in [3.05, 3.63) is 0 Å². The van der Waals surface area contributed by atoms with E-state index in [2.05, 4.69) is 36.3 Å². The van der Waals surface area contributed by atoms with Gasteiger partial charge in [0.05, 0.1) is 0 Å². The Morgan fingerprint density at radius 1 is 1.14 bits per heavy atom. The van der Waals surface area contributed by atoms with Crippen molar-refractivity contribution in [1.82, 2.24) is 15.5 Å². The van der Waals surface area contributed by atoms with Crippen LogP contribution in [0.1, 0.15) is 65.7 Å². The van der Waals surface area contributed by atoms with Crippen LogP contribution in [0.2, 0.25) is 0 Å². The van der Waals surface area contributed by atoms with Gasteiger partial charge in [-0.25, -0.2) is 0 Å². The third-order valence-corrected chi connectivity index (χ3v) is 5.69. The molecule has 0 radical (unpaired) electrons. The van der Waals surface area contributed by atoms with E-state index in [9.17, 15) is 0 Å². The molecule has 2 aliphatic rings. The third-order valence-electron chi connectivity index (χ3n) is 5.69. The van der Waals surface area contributed by atoms with E-state index >= 15 is 0 Å². The Morgan fingerprint density at radius 3 is 2.62 bits per heavy atom. The monoisotopic (exact) mass is 295 g/mol. The summed E-state index contributed by atoms with van der Waals surface area (Å²) in [6, 6.07) is 2.24. The van der Waals surface area contributed by atoms with E-state index in [0.29, 0.717) is 6.04 Å². The molecule has 1 aliphatic heterocycles. The highest BCUT2D eigenvalue weighted by atomic mass is 15.1. The lowest BCUT2D eigenvalue weighted by molar-refractivity contribution is 0.272. The van der Waals surface area contributed by atoms with Gasteiger partial charge in [0.25, 0.3) is 0 Å². The second kappa shape index (κ2) is 9.12. The molecule has 124 valence electrons. The van der Waals surface area contributed by atoms with Crippen LogP contribution in [0.5, 0.6) is 0 Å². The fourth-order valence-electron chi connectivity index (χ4n) is 4.36. The average molecular weight is 296 g/mol. The van der Waals surface area contributed by atoms with Crippen molar-refractivity contribution in [2.75, 3.05) is 26.2 Å². The molecule has 2 rings (SSSR count). The van der Waals surface area contributed by atoms with Crippen molar-refractivity contribution in [2.45, 2.75) is 83.8 Å². The zero-order chi connectivity index (χ0) is 15.1. The van der Waals surface area contributed by atoms with Crippen molar-refractivity contribution >= 4 is 0 Å². The van der Waals surface area contributed by atoms with Crippen LogP contribution in [-0.2, 0) is 0 Å². The van der Waals surface area contributed by atoms with Crippen LogP contribution >= 0.6 is 0 Å². The van der Waals surface area contributed by atoms with Crippen LogP contribution in [0.25, 0.3) is 0 Å². The minimum absolute atomic E-state index is 0.674. The third kappa shape index (κ3) is 5.22. The first-order valence-electron chi connectivity index (χ1n) is 9.46. The van der Waals surface area contributed by atoms with E-state index in [1.165, 1.54) is 71.1 Å². The molecule has 1 aliphatic carbocycles. The summed E-state index contributed by atoms with van der Waals surface area (Å²) in [5, 5.41) is 7.69. The molecule has 1 heterocycles. The van der Waals surface area contributed by atoms with Gasteiger partial charge in [0.1, 0.15) is 0 Å². The maximum atomic E-state index is 3.96. The van der Waals surface area contributed by atoms with E-state index in [0.717, 1.165) is 18.0 Å². The molecule has 4 atom stereocenters. The number of nitrogens with one attached hydrogen (secondary N) is 2. The Balaban J connectivity index is 1.67. The molecule has 0 spiro atoms. The molecule has 0 amide bonds. The lowest BCUT2D eigenvalue weighted by atomic mass is 9.92. The maximum Gasteiger partial charge on any atom is 0.0113 e. The van der Waals surface area contributed by atoms with Crippen molar-refractivity contribution in [3.63, 3.8) is 0 Å². The molecule has 1 saturated heterocycles. The van der Waals surface area contributed by atoms with Crippen LogP contribution in [0.15, 0.2) is 0 Å². The zero-order valence-corrected chi connectivity index (χ0v) is 14.5. The van der Waals surface area contributed by atoms with Gasteiger partial charge in [0, 0.05) is 18.1 Å². The predicted molar refractivity (Wildman–Crippen MR) is 91.8 cm³/mol. The van der Waals surface area contributed by atoms with Gasteiger partial charge in [0.2, 0.25) is 0 Å². The largest absolute Gasteiger partial charge is 0.314 e. The molecule has 3 nitrogen and oxygen atoms in total. The van der Waals surface area contributed by atoms with Crippen molar-refractivity contribution in [3.8, 4) is 0 Å². The van der Waals surface area contributed by atoms with Crippen LogP contribution in [-0.4, -0.2) is 49.2 Å². The lowest BCUT2D eigenvalue weighted by Crippen LogP contribution is -2.45. The molecule has 0 bridgehead atoms. The summed E-state index contributed by atoms with van der Waals surface area (Å²) in [5.74, 6) is 0.887. The fraction of sp³-hybridized carbons (Fsp3) is 1.00. The lowest BCUT2D eigenvalue weighted by Gasteiger charge is -2.29. The minimum Gasteiger partial charge on any atom is -0.314 e. The van der Waals surface area contributed by atoms with Crippen molar-refractivity contribution < 1.29 is 0 Å². The van der Waals surface area contributed by atoms with Crippen LogP contribution in [0, 0.1) is 5.92 Å². The summed E-state index contributed by atoms with van der Waals surface area (Å²) in [6.07, 6.45) is 9.68. The molecule has 2 fully saturated rings. The van der Waals surface area contributed by atoms with Gasteiger partial charge < -0.3 is 15.5 Å². The second-order valence-electron chi connectivity index (χ2n) is 7.14. The van der Waals surface area contributed by atoms with E-state index in [4.69, 9.17) is 0 Å². The molecule has 0 aromatic rings. The Labute approximate surface area is 132 Å². The van der Waals surface area contributed by atoms with Gasteiger partial charge in [-0.3, -0.25) is 0 Å². The Hall–Kier alpha value is -0.120. The first-order valence-corrected chi connectivity index (χ1v) is 9.46. The Kier molecular flexibility index (Phi) is 7.48. The van der Waals surface area contributed by atoms with E-state index < -0.39 is 0 Å². The summed E-state index contributed by atoms with van der Waals surface area (Å²) in [6.45, 7) is 11.8. The van der Waals surface area contributed by atoms with Crippen molar-refractivity contribution in [2.24, 2.45) is 5.92 Å². The van der Waals surface area contributed by atoms with Crippen LogP contribution in [0.3, 0.4) is 0 Å².